The Morgan fingerprint density at radius 1 is 1.56 bits per heavy atom. The maximum absolute atomic E-state index is 11.4. The molecule has 1 saturated heterocycles. The van der Waals surface area contributed by atoms with Crippen LogP contribution in [0.4, 0.5) is 0 Å². The molecule has 1 unspecified atom stereocenters. The molecule has 18 heavy (non-hydrogen) atoms. The molecule has 0 saturated carbocycles. The summed E-state index contributed by atoms with van der Waals surface area (Å²) in [5.41, 5.74) is 6.78. The molecule has 1 atom stereocenters. The van der Waals surface area contributed by atoms with Crippen LogP contribution in [-0.2, 0) is 11.3 Å². The zero-order valence-corrected chi connectivity index (χ0v) is 10.9. The highest BCUT2D eigenvalue weighted by atomic mass is 16.3. The van der Waals surface area contributed by atoms with Gasteiger partial charge in [-0.1, -0.05) is 18.2 Å². The molecule has 1 heterocycles. The lowest BCUT2D eigenvalue weighted by Gasteiger charge is -2.21. The molecule has 1 aliphatic heterocycles. The summed E-state index contributed by atoms with van der Waals surface area (Å²) in [7, 11) is 0. The number of carbonyl (C=O) groups is 1. The Bertz CT molecular complexity index is 473. The summed E-state index contributed by atoms with van der Waals surface area (Å²) >= 11 is 0. The van der Waals surface area contributed by atoms with E-state index in [0.29, 0.717) is 18.8 Å². The average molecular weight is 248 g/mol. The average Bonchev–Trinajstić information content (AvgIpc) is 2.68. The topological polar surface area (TPSA) is 66.6 Å². The number of benzene rings is 1. The standard InChI is InChI=1S/C14H20N2O2/c1-10-4-3-5-11(12(10)17)8-16-7-6-14(2,9-16)13(15)18/h3-5,17H,6-9H2,1-2H3,(H2,15,18). The van der Waals surface area contributed by atoms with Crippen LogP contribution >= 0.6 is 0 Å². The molecule has 3 N–H and O–H groups in total. The fraction of sp³-hybridized carbons (Fsp3) is 0.500. The zero-order chi connectivity index (χ0) is 13.3. The number of carbonyl (C=O) groups excluding carboxylic acids is 1. The lowest BCUT2D eigenvalue weighted by Crippen LogP contribution is -2.36. The second-order valence-corrected chi connectivity index (χ2v) is 5.47. The first-order valence-electron chi connectivity index (χ1n) is 6.22. The van der Waals surface area contributed by atoms with E-state index in [1.54, 1.807) is 0 Å². The first-order valence-corrected chi connectivity index (χ1v) is 6.22. The molecule has 0 spiro atoms. The van der Waals surface area contributed by atoms with Crippen LogP contribution in [0.5, 0.6) is 5.75 Å². The highest BCUT2D eigenvalue weighted by molar-refractivity contribution is 5.81. The van der Waals surface area contributed by atoms with Crippen LogP contribution in [0.3, 0.4) is 0 Å². The van der Waals surface area contributed by atoms with Gasteiger partial charge in [-0.25, -0.2) is 0 Å². The maximum Gasteiger partial charge on any atom is 0.224 e. The molecule has 0 radical (unpaired) electrons. The van der Waals surface area contributed by atoms with Crippen molar-refractivity contribution in [3.8, 4) is 5.75 Å². The van der Waals surface area contributed by atoms with Crippen LogP contribution in [-0.4, -0.2) is 29.0 Å². The molecular weight excluding hydrogens is 228 g/mol. The van der Waals surface area contributed by atoms with Gasteiger partial charge in [0.25, 0.3) is 0 Å². The van der Waals surface area contributed by atoms with Gasteiger partial charge in [-0.3, -0.25) is 9.69 Å². The Morgan fingerprint density at radius 3 is 2.89 bits per heavy atom. The molecule has 0 bridgehead atoms. The Morgan fingerprint density at radius 2 is 2.28 bits per heavy atom. The molecule has 2 rings (SSSR count). The minimum absolute atomic E-state index is 0.238. The number of phenols is 1. The number of amides is 1. The van der Waals surface area contributed by atoms with E-state index in [2.05, 4.69) is 4.90 Å². The van der Waals surface area contributed by atoms with Crippen LogP contribution in [0.2, 0.25) is 0 Å². The third kappa shape index (κ3) is 2.34. The Hall–Kier alpha value is -1.55. The van der Waals surface area contributed by atoms with Crippen LogP contribution in [0.1, 0.15) is 24.5 Å². The van der Waals surface area contributed by atoms with Gasteiger partial charge in [0.05, 0.1) is 5.41 Å². The number of para-hydroxylation sites is 1. The van der Waals surface area contributed by atoms with Crippen molar-refractivity contribution in [3.05, 3.63) is 29.3 Å². The number of aryl methyl sites for hydroxylation is 1. The van der Waals surface area contributed by atoms with Crippen molar-refractivity contribution in [1.29, 1.82) is 0 Å². The molecule has 1 aromatic rings. The van der Waals surface area contributed by atoms with Crippen molar-refractivity contribution < 1.29 is 9.90 Å². The fourth-order valence-corrected chi connectivity index (χ4v) is 2.48. The smallest absolute Gasteiger partial charge is 0.224 e. The molecule has 4 heteroatoms. The number of aromatic hydroxyl groups is 1. The SMILES string of the molecule is Cc1cccc(CN2CCC(C)(C(N)=O)C2)c1O. The Kier molecular flexibility index (Phi) is 3.30. The van der Waals surface area contributed by atoms with Gasteiger partial charge in [0.15, 0.2) is 0 Å². The third-order valence-electron chi connectivity index (χ3n) is 3.86. The van der Waals surface area contributed by atoms with Gasteiger partial charge in [0, 0.05) is 18.7 Å². The summed E-state index contributed by atoms with van der Waals surface area (Å²) in [5.74, 6) is 0.114. The van der Waals surface area contributed by atoms with E-state index in [1.165, 1.54) is 0 Å². The molecule has 1 fully saturated rings. The van der Waals surface area contributed by atoms with Gasteiger partial charge in [0.2, 0.25) is 5.91 Å². The minimum Gasteiger partial charge on any atom is -0.507 e. The van der Waals surface area contributed by atoms with E-state index >= 15 is 0 Å². The predicted molar refractivity (Wildman–Crippen MR) is 70.0 cm³/mol. The number of primary amides is 1. The van der Waals surface area contributed by atoms with Crippen LogP contribution in [0.15, 0.2) is 18.2 Å². The maximum atomic E-state index is 11.4. The second-order valence-electron chi connectivity index (χ2n) is 5.47. The van der Waals surface area contributed by atoms with Gasteiger partial charge in [-0.05, 0) is 32.4 Å². The quantitative estimate of drug-likeness (QED) is 0.849. The molecule has 1 aromatic carbocycles. The summed E-state index contributed by atoms with van der Waals surface area (Å²) in [4.78, 5) is 13.6. The van der Waals surface area contributed by atoms with Crippen LogP contribution in [0, 0.1) is 12.3 Å². The second kappa shape index (κ2) is 4.61. The number of nitrogens with two attached hydrogens (primary N) is 1. The molecule has 1 amide bonds. The molecule has 4 nitrogen and oxygen atoms in total. The lowest BCUT2D eigenvalue weighted by molar-refractivity contribution is -0.126. The van der Waals surface area contributed by atoms with Gasteiger partial charge < -0.3 is 10.8 Å². The van der Waals surface area contributed by atoms with E-state index in [9.17, 15) is 9.90 Å². The summed E-state index contributed by atoms with van der Waals surface area (Å²) in [5, 5.41) is 9.98. The number of phenolic OH excluding ortho intramolecular Hbond substituents is 1. The first-order chi connectivity index (χ1) is 8.42. The van der Waals surface area contributed by atoms with E-state index in [4.69, 9.17) is 5.73 Å². The molecule has 1 aliphatic rings. The number of likely N-dealkylation sites (tertiary alicyclic amines) is 1. The largest absolute Gasteiger partial charge is 0.507 e. The summed E-state index contributed by atoms with van der Waals surface area (Å²) in [6.45, 7) is 5.96. The monoisotopic (exact) mass is 248 g/mol. The van der Waals surface area contributed by atoms with Crippen molar-refractivity contribution >= 4 is 5.91 Å². The van der Waals surface area contributed by atoms with Crippen molar-refractivity contribution in [2.75, 3.05) is 13.1 Å². The van der Waals surface area contributed by atoms with Gasteiger partial charge in [-0.15, -0.1) is 0 Å². The highest BCUT2D eigenvalue weighted by Gasteiger charge is 2.38. The van der Waals surface area contributed by atoms with Crippen LogP contribution in [0.25, 0.3) is 0 Å². The van der Waals surface area contributed by atoms with E-state index in [0.717, 1.165) is 24.1 Å². The predicted octanol–water partition coefficient (Wildman–Crippen LogP) is 1.40. The first kappa shape index (κ1) is 12.9. The Labute approximate surface area is 107 Å². The lowest BCUT2D eigenvalue weighted by atomic mass is 9.89. The highest BCUT2D eigenvalue weighted by Crippen LogP contribution is 2.32. The van der Waals surface area contributed by atoms with Crippen molar-refractivity contribution in [2.24, 2.45) is 11.1 Å². The number of hydrogen-bond donors (Lipinski definition) is 2. The number of nitrogens with zero attached hydrogens (tertiary/aromatic N) is 1. The van der Waals surface area contributed by atoms with E-state index < -0.39 is 5.41 Å². The van der Waals surface area contributed by atoms with Crippen molar-refractivity contribution in [1.82, 2.24) is 4.90 Å². The third-order valence-corrected chi connectivity index (χ3v) is 3.86. The van der Waals surface area contributed by atoms with Crippen molar-refractivity contribution in [2.45, 2.75) is 26.8 Å². The molecule has 0 aromatic heterocycles. The van der Waals surface area contributed by atoms with E-state index in [1.807, 2.05) is 32.0 Å². The normalized spacial score (nSPS) is 24.3. The summed E-state index contributed by atoms with van der Waals surface area (Å²) < 4.78 is 0. The van der Waals surface area contributed by atoms with Gasteiger partial charge >= 0.3 is 0 Å². The van der Waals surface area contributed by atoms with Gasteiger partial charge in [-0.2, -0.15) is 0 Å². The molecule has 98 valence electrons. The van der Waals surface area contributed by atoms with E-state index in [-0.39, 0.29) is 5.91 Å². The molecule has 0 aliphatic carbocycles. The Balaban J connectivity index is 2.08. The number of rotatable bonds is 3. The summed E-state index contributed by atoms with van der Waals surface area (Å²) in [6.07, 6.45) is 0.787. The number of hydrogen-bond acceptors (Lipinski definition) is 3. The summed E-state index contributed by atoms with van der Waals surface area (Å²) in [6, 6.07) is 5.74. The van der Waals surface area contributed by atoms with Crippen LogP contribution < -0.4 is 5.73 Å². The van der Waals surface area contributed by atoms with Crippen molar-refractivity contribution in [3.63, 3.8) is 0 Å². The van der Waals surface area contributed by atoms with Gasteiger partial charge in [0.1, 0.15) is 5.75 Å². The zero-order valence-electron chi connectivity index (χ0n) is 10.9. The minimum atomic E-state index is -0.431. The fourth-order valence-electron chi connectivity index (χ4n) is 2.48. The molecular formula is C14H20N2O2.